The van der Waals surface area contributed by atoms with Crippen LogP contribution in [0.5, 0.6) is 0 Å². The van der Waals surface area contributed by atoms with Gasteiger partial charge >= 0.3 is 5.97 Å². The van der Waals surface area contributed by atoms with Crippen LogP contribution >= 0.6 is 0 Å². The number of carbonyl (C=O) groups is 2. The fourth-order valence-electron chi connectivity index (χ4n) is 1.89. The van der Waals surface area contributed by atoms with Gasteiger partial charge < -0.3 is 15.4 Å². The summed E-state index contributed by atoms with van der Waals surface area (Å²) in [5.41, 5.74) is 0. The molecule has 17 heavy (non-hydrogen) atoms. The van der Waals surface area contributed by atoms with Crippen molar-refractivity contribution in [3.05, 3.63) is 0 Å². The first kappa shape index (κ1) is 14.0. The van der Waals surface area contributed by atoms with Gasteiger partial charge in [-0.25, -0.2) is 0 Å². The molecule has 2 atom stereocenters. The minimum absolute atomic E-state index is 0.00862. The maximum atomic E-state index is 11.7. The normalized spacial score (nSPS) is 20.9. The minimum atomic E-state index is -0.201. The molecule has 1 aliphatic rings. The number of amides is 1. The molecule has 0 unspecified atom stereocenters. The summed E-state index contributed by atoms with van der Waals surface area (Å²) in [5.74, 6) is -0.161. The van der Waals surface area contributed by atoms with Crippen LogP contribution in [0.3, 0.4) is 0 Å². The zero-order valence-corrected chi connectivity index (χ0v) is 10.6. The van der Waals surface area contributed by atoms with Gasteiger partial charge in [0.2, 0.25) is 5.91 Å². The predicted molar refractivity (Wildman–Crippen MR) is 64.5 cm³/mol. The Morgan fingerprint density at radius 2 is 2.29 bits per heavy atom. The monoisotopic (exact) mass is 242 g/mol. The minimum Gasteiger partial charge on any atom is -0.466 e. The third-order valence-corrected chi connectivity index (χ3v) is 2.85. The lowest BCUT2D eigenvalue weighted by Crippen LogP contribution is -2.44. The third kappa shape index (κ3) is 5.17. The molecule has 1 heterocycles. The van der Waals surface area contributed by atoms with Crippen LogP contribution in [0.2, 0.25) is 0 Å². The SMILES string of the molecule is CCOC(=O)CC[C@@H](C)NC(=O)[C@@H]1CCCN1. The summed E-state index contributed by atoms with van der Waals surface area (Å²) in [6, 6.07) is -0.0469. The fourth-order valence-corrected chi connectivity index (χ4v) is 1.89. The smallest absolute Gasteiger partial charge is 0.305 e. The second kappa shape index (κ2) is 7.27. The van der Waals surface area contributed by atoms with Gasteiger partial charge in [-0.3, -0.25) is 9.59 Å². The molecule has 0 aromatic carbocycles. The summed E-state index contributed by atoms with van der Waals surface area (Å²) in [6.45, 7) is 5.02. The number of hydrogen-bond donors (Lipinski definition) is 2. The van der Waals surface area contributed by atoms with E-state index in [2.05, 4.69) is 10.6 Å². The standard InChI is InChI=1S/C12H22N2O3/c1-3-17-11(15)7-6-9(2)14-12(16)10-5-4-8-13-10/h9-10,13H,3-8H2,1-2H3,(H,14,16)/t9-,10+/m1/s1. The van der Waals surface area contributed by atoms with E-state index in [0.29, 0.717) is 19.4 Å². The van der Waals surface area contributed by atoms with Crippen LogP contribution < -0.4 is 10.6 Å². The lowest BCUT2D eigenvalue weighted by molar-refractivity contribution is -0.143. The Hall–Kier alpha value is -1.10. The van der Waals surface area contributed by atoms with Crippen molar-refractivity contribution in [3.8, 4) is 0 Å². The van der Waals surface area contributed by atoms with Crippen molar-refractivity contribution >= 4 is 11.9 Å². The van der Waals surface area contributed by atoms with Crippen molar-refractivity contribution in [3.63, 3.8) is 0 Å². The number of hydrogen-bond acceptors (Lipinski definition) is 4. The van der Waals surface area contributed by atoms with Gasteiger partial charge in [0.25, 0.3) is 0 Å². The first-order chi connectivity index (χ1) is 8.13. The Balaban J connectivity index is 2.17. The maximum absolute atomic E-state index is 11.7. The van der Waals surface area contributed by atoms with Gasteiger partial charge in [-0.2, -0.15) is 0 Å². The van der Waals surface area contributed by atoms with Crippen molar-refractivity contribution in [2.45, 2.75) is 51.6 Å². The Bertz CT molecular complexity index is 262. The zero-order valence-electron chi connectivity index (χ0n) is 10.6. The van der Waals surface area contributed by atoms with Gasteiger partial charge in [-0.1, -0.05) is 0 Å². The molecule has 0 saturated carbocycles. The number of esters is 1. The van der Waals surface area contributed by atoms with Crippen molar-refractivity contribution in [1.29, 1.82) is 0 Å². The van der Waals surface area contributed by atoms with E-state index in [0.717, 1.165) is 19.4 Å². The maximum Gasteiger partial charge on any atom is 0.305 e. The molecule has 0 radical (unpaired) electrons. The average molecular weight is 242 g/mol. The first-order valence-corrected chi connectivity index (χ1v) is 6.33. The molecular weight excluding hydrogens is 220 g/mol. The van der Waals surface area contributed by atoms with Crippen LogP contribution in [0, 0.1) is 0 Å². The highest BCUT2D eigenvalue weighted by molar-refractivity contribution is 5.82. The number of carbonyl (C=O) groups excluding carboxylic acids is 2. The molecule has 0 bridgehead atoms. The molecule has 5 heteroatoms. The van der Waals surface area contributed by atoms with E-state index in [1.165, 1.54) is 0 Å². The zero-order chi connectivity index (χ0) is 12.7. The lowest BCUT2D eigenvalue weighted by Gasteiger charge is -2.16. The quantitative estimate of drug-likeness (QED) is 0.669. The van der Waals surface area contributed by atoms with Gasteiger partial charge in [0, 0.05) is 12.5 Å². The molecule has 1 amide bonds. The average Bonchev–Trinajstić information content (AvgIpc) is 2.80. The predicted octanol–water partition coefficient (Wildman–Crippen LogP) is 0.586. The number of rotatable bonds is 6. The molecule has 0 aliphatic carbocycles. The molecule has 1 aliphatic heterocycles. The summed E-state index contributed by atoms with van der Waals surface area (Å²) < 4.78 is 4.83. The van der Waals surface area contributed by atoms with Crippen LogP contribution in [-0.2, 0) is 14.3 Å². The highest BCUT2D eigenvalue weighted by atomic mass is 16.5. The second-order valence-electron chi connectivity index (χ2n) is 4.40. The van der Waals surface area contributed by atoms with E-state index in [-0.39, 0.29) is 24.0 Å². The van der Waals surface area contributed by atoms with Crippen molar-refractivity contribution < 1.29 is 14.3 Å². The molecule has 98 valence electrons. The van der Waals surface area contributed by atoms with Crippen LogP contribution in [0.25, 0.3) is 0 Å². The molecule has 1 rings (SSSR count). The molecule has 0 aromatic rings. The van der Waals surface area contributed by atoms with Crippen LogP contribution in [0.4, 0.5) is 0 Å². The van der Waals surface area contributed by atoms with Crippen LogP contribution in [0.15, 0.2) is 0 Å². The van der Waals surface area contributed by atoms with E-state index in [1.807, 2.05) is 6.92 Å². The van der Waals surface area contributed by atoms with Gasteiger partial charge in [0.05, 0.1) is 12.6 Å². The van der Waals surface area contributed by atoms with Crippen LogP contribution in [-0.4, -0.2) is 37.1 Å². The van der Waals surface area contributed by atoms with Crippen molar-refractivity contribution in [2.75, 3.05) is 13.2 Å². The fraction of sp³-hybridized carbons (Fsp3) is 0.833. The summed E-state index contributed by atoms with van der Waals surface area (Å²) in [4.78, 5) is 22.9. The highest BCUT2D eigenvalue weighted by Crippen LogP contribution is 2.06. The summed E-state index contributed by atoms with van der Waals surface area (Å²) in [6.07, 6.45) is 2.93. The van der Waals surface area contributed by atoms with Crippen molar-refractivity contribution in [1.82, 2.24) is 10.6 Å². The first-order valence-electron chi connectivity index (χ1n) is 6.33. The van der Waals surface area contributed by atoms with Gasteiger partial charge in [0.1, 0.15) is 0 Å². The van der Waals surface area contributed by atoms with E-state index in [1.54, 1.807) is 6.92 Å². The molecule has 0 spiro atoms. The molecule has 2 N–H and O–H groups in total. The van der Waals surface area contributed by atoms with Crippen LogP contribution in [0.1, 0.15) is 39.5 Å². The van der Waals surface area contributed by atoms with E-state index < -0.39 is 0 Å². The Morgan fingerprint density at radius 1 is 1.53 bits per heavy atom. The Labute approximate surface area is 102 Å². The molecule has 0 aromatic heterocycles. The van der Waals surface area contributed by atoms with Crippen molar-refractivity contribution in [2.24, 2.45) is 0 Å². The van der Waals surface area contributed by atoms with Gasteiger partial charge in [-0.05, 0) is 39.7 Å². The van der Waals surface area contributed by atoms with E-state index in [9.17, 15) is 9.59 Å². The number of nitrogens with one attached hydrogen (secondary N) is 2. The topological polar surface area (TPSA) is 67.4 Å². The Kier molecular flexibility index (Phi) is 5.97. The van der Waals surface area contributed by atoms with E-state index >= 15 is 0 Å². The molecule has 1 fully saturated rings. The molecular formula is C12H22N2O3. The Morgan fingerprint density at radius 3 is 2.88 bits per heavy atom. The summed E-state index contributed by atoms with van der Waals surface area (Å²) in [7, 11) is 0. The highest BCUT2D eigenvalue weighted by Gasteiger charge is 2.22. The number of ether oxygens (including phenoxy) is 1. The second-order valence-corrected chi connectivity index (χ2v) is 4.40. The molecule has 5 nitrogen and oxygen atoms in total. The summed E-state index contributed by atoms with van der Waals surface area (Å²) >= 11 is 0. The van der Waals surface area contributed by atoms with Gasteiger partial charge in [0.15, 0.2) is 0 Å². The lowest BCUT2D eigenvalue weighted by atomic mass is 10.1. The van der Waals surface area contributed by atoms with E-state index in [4.69, 9.17) is 4.74 Å². The largest absolute Gasteiger partial charge is 0.466 e. The summed E-state index contributed by atoms with van der Waals surface area (Å²) in [5, 5.41) is 6.05. The van der Waals surface area contributed by atoms with Gasteiger partial charge in [-0.15, -0.1) is 0 Å². The third-order valence-electron chi connectivity index (χ3n) is 2.85. The molecule has 1 saturated heterocycles.